The number of nitrogens with zero attached hydrogens (tertiary/aromatic N) is 2. The average molecular weight is 513 g/mol. The molecule has 5 aromatic rings. The molecule has 0 atom stereocenters. The summed E-state index contributed by atoms with van der Waals surface area (Å²) >= 11 is 0. The predicted molar refractivity (Wildman–Crippen MR) is 154 cm³/mol. The smallest absolute Gasteiger partial charge is 0.268 e. The summed E-state index contributed by atoms with van der Waals surface area (Å²) in [4.78, 5) is 26.6. The van der Waals surface area contributed by atoms with Crippen molar-refractivity contribution in [2.75, 3.05) is 0 Å². The molecule has 1 aromatic heterocycles. The molecule has 0 saturated carbocycles. The van der Waals surface area contributed by atoms with Crippen LogP contribution < -0.4 is 10.6 Å². The number of para-hydroxylation sites is 1. The largest absolute Gasteiger partial charge is 0.347 e. The normalized spacial score (nSPS) is 11.2. The molecule has 192 valence electrons. The number of hydrogen-bond acceptors (Lipinski definition) is 3. The molecule has 5 rings (SSSR count). The lowest BCUT2D eigenvalue weighted by atomic mass is 10.1. The lowest BCUT2D eigenvalue weighted by Crippen LogP contribution is -2.34. The number of aryl methyl sites for hydroxylation is 1. The van der Waals surface area contributed by atoms with E-state index in [1.165, 1.54) is 0 Å². The van der Waals surface area contributed by atoms with Gasteiger partial charge < -0.3 is 10.6 Å². The van der Waals surface area contributed by atoms with Gasteiger partial charge in [-0.05, 0) is 48.9 Å². The van der Waals surface area contributed by atoms with Gasteiger partial charge in [0.1, 0.15) is 5.70 Å². The van der Waals surface area contributed by atoms with E-state index in [0.29, 0.717) is 17.8 Å². The van der Waals surface area contributed by atoms with E-state index in [1.54, 1.807) is 22.9 Å². The summed E-state index contributed by atoms with van der Waals surface area (Å²) in [5, 5.41) is 10.6. The van der Waals surface area contributed by atoms with Gasteiger partial charge in [0, 0.05) is 17.7 Å². The van der Waals surface area contributed by atoms with Gasteiger partial charge in [-0.25, -0.2) is 4.68 Å². The predicted octanol–water partition coefficient (Wildman–Crippen LogP) is 5.94. The zero-order chi connectivity index (χ0) is 27.0. The number of nitrogens with one attached hydrogen (secondary N) is 2. The van der Waals surface area contributed by atoms with Crippen LogP contribution >= 0.6 is 0 Å². The van der Waals surface area contributed by atoms with Crippen molar-refractivity contribution in [1.29, 1.82) is 0 Å². The van der Waals surface area contributed by atoms with Crippen molar-refractivity contribution in [2.24, 2.45) is 0 Å². The highest BCUT2D eigenvalue weighted by atomic mass is 16.2. The molecule has 1 heterocycles. The fourth-order valence-electron chi connectivity index (χ4n) is 4.10. The number of benzene rings is 4. The second kappa shape index (κ2) is 11.9. The summed E-state index contributed by atoms with van der Waals surface area (Å²) in [7, 11) is 0. The maximum Gasteiger partial charge on any atom is 0.268 e. The van der Waals surface area contributed by atoms with E-state index in [2.05, 4.69) is 10.6 Å². The standard InChI is InChI=1S/C33H28N4O2/c1-24-17-19-27(20-18-24)32(38)35-31(33(39)34-23-25-11-5-2-6-12-25)22-29-21-30(26-13-7-3-8-14-26)36-37(29)28-15-9-4-10-16-28/h2-22H,23H2,1H3,(H,34,39)(H,35,38)/b31-22-. The SMILES string of the molecule is Cc1ccc(C(=O)N/C(=C\c2cc(-c3ccccc3)nn2-c2ccccc2)C(=O)NCc2ccccc2)cc1. The summed E-state index contributed by atoms with van der Waals surface area (Å²) in [5.74, 6) is -0.772. The Balaban J connectivity index is 1.54. The van der Waals surface area contributed by atoms with E-state index in [9.17, 15) is 9.59 Å². The molecule has 39 heavy (non-hydrogen) atoms. The summed E-state index contributed by atoms with van der Waals surface area (Å²) in [5.41, 5.74) is 5.75. The average Bonchev–Trinajstić information content (AvgIpc) is 3.41. The van der Waals surface area contributed by atoms with Crippen LogP contribution in [-0.4, -0.2) is 21.6 Å². The van der Waals surface area contributed by atoms with Gasteiger partial charge in [0.05, 0.1) is 17.1 Å². The maximum absolute atomic E-state index is 13.4. The molecule has 4 aromatic carbocycles. The van der Waals surface area contributed by atoms with E-state index in [4.69, 9.17) is 5.10 Å². The van der Waals surface area contributed by atoms with E-state index in [1.807, 2.05) is 116 Å². The second-order valence-corrected chi connectivity index (χ2v) is 9.11. The Kier molecular flexibility index (Phi) is 7.74. The van der Waals surface area contributed by atoms with E-state index in [0.717, 1.165) is 28.1 Å². The van der Waals surface area contributed by atoms with Crippen LogP contribution in [0.3, 0.4) is 0 Å². The quantitative estimate of drug-likeness (QED) is 0.253. The van der Waals surface area contributed by atoms with Gasteiger partial charge in [-0.15, -0.1) is 0 Å². The van der Waals surface area contributed by atoms with E-state index in [-0.39, 0.29) is 11.6 Å². The Morgan fingerprint density at radius 1 is 0.795 bits per heavy atom. The van der Waals surface area contributed by atoms with Crippen molar-refractivity contribution >= 4 is 17.9 Å². The number of aromatic nitrogens is 2. The molecular formula is C33H28N4O2. The van der Waals surface area contributed by atoms with Gasteiger partial charge >= 0.3 is 0 Å². The number of carbonyl (C=O) groups is 2. The lowest BCUT2D eigenvalue weighted by Gasteiger charge is -2.12. The minimum atomic E-state index is -0.401. The fourth-order valence-corrected chi connectivity index (χ4v) is 4.10. The van der Waals surface area contributed by atoms with Crippen molar-refractivity contribution in [3.8, 4) is 16.9 Å². The highest BCUT2D eigenvalue weighted by Crippen LogP contribution is 2.23. The Morgan fingerprint density at radius 3 is 2.08 bits per heavy atom. The molecule has 0 aliphatic rings. The zero-order valence-electron chi connectivity index (χ0n) is 21.5. The van der Waals surface area contributed by atoms with Crippen molar-refractivity contribution < 1.29 is 9.59 Å². The number of carbonyl (C=O) groups excluding carboxylic acids is 2. The van der Waals surface area contributed by atoms with E-state index < -0.39 is 5.91 Å². The van der Waals surface area contributed by atoms with Crippen LogP contribution in [0.1, 0.15) is 27.2 Å². The molecule has 0 unspecified atom stereocenters. The van der Waals surface area contributed by atoms with Crippen molar-refractivity contribution in [2.45, 2.75) is 13.5 Å². The maximum atomic E-state index is 13.4. The summed E-state index contributed by atoms with van der Waals surface area (Å²) in [6, 6.07) is 38.3. The van der Waals surface area contributed by atoms with Crippen LogP contribution in [0.4, 0.5) is 0 Å². The number of amides is 2. The summed E-state index contributed by atoms with van der Waals surface area (Å²) < 4.78 is 1.77. The highest BCUT2D eigenvalue weighted by molar-refractivity contribution is 6.05. The molecule has 0 spiro atoms. The molecule has 0 bridgehead atoms. The van der Waals surface area contributed by atoms with Crippen LogP contribution in [0.15, 0.2) is 127 Å². The first-order valence-electron chi connectivity index (χ1n) is 12.7. The molecule has 0 saturated heterocycles. The van der Waals surface area contributed by atoms with Gasteiger partial charge in [-0.2, -0.15) is 5.10 Å². The Labute approximate surface area is 227 Å². The first-order valence-corrected chi connectivity index (χ1v) is 12.7. The molecule has 0 fully saturated rings. The Bertz CT molecular complexity index is 1590. The third-order valence-electron chi connectivity index (χ3n) is 6.20. The monoisotopic (exact) mass is 512 g/mol. The third-order valence-corrected chi connectivity index (χ3v) is 6.20. The van der Waals surface area contributed by atoms with Crippen LogP contribution in [0.5, 0.6) is 0 Å². The molecule has 2 amide bonds. The van der Waals surface area contributed by atoms with Crippen molar-refractivity contribution in [1.82, 2.24) is 20.4 Å². The molecule has 0 aliphatic carbocycles. The topological polar surface area (TPSA) is 76.0 Å². The molecule has 0 aliphatic heterocycles. The molecule has 0 radical (unpaired) electrons. The first-order chi connectivity index (χ1) is 19.1. The van der Waals surface area contributed by atoms with Gasteiger partial charge in [-0.1, -0.05) is 96.6 Å². The number of hydrogen-bond donors (Lipinski definition) is 2. The van der Waals surface area contributed by atoms with Crippen LogP contribution in [0.2, 0.25) is 0 Å². The molecule has 6 heteroatoms. The van der Waals surface area contributed by atoms with Gasteiger partial charge in [0.25, 0.3) is 11.8 Å². The second-order valence-electron chi connectivity index (χ2n) is 9.11. The third kappa shape index (κ3) is 6.37. The minimum Gasteiger partial charge on any atom is -0.347 e. The minimum absolute atomic E-state index is 0.119. The van der Waals surface area contributed by atoms with Gasteiger partial charge in [-0.3, -0.25) is 9.59 Å². The summed E-state index contributed by atoms with van der Waals surface area (Å²) in [6.07, 6.45) is 1.67. The van der Waals surface area contributed by atoms with Crippen molar-refractivity contribution in [3.05, 3.63) is 149 Å². The van der Waals surface area contributed by atoms with Crippen LogP contribution in [0.25, 0.3) is 23.0 Å². The molecular weight excluding hydrogens is 484 g/mol. The number of rotatable bonds is 8. The zero-order valence-corrected chi connectivity index (χ0v) is 21.5. The van der Waals surface area contributed by atoms with Crippen LogP contribution in [-0.2, 0) is 11.3 Å². The Morgan fingerprint density at radius 2 is 1.41 bits per heavy atom. The molecule has 2 N–H and O–H groups in total. The highest BCUT2D eigenvalue weighted by Gasteiger charge is 2.17. The van der Waals surface area contributed by atoms with Gasteiger partial charge in [0.15, 0.2) is 0 Å². The van der Waals surface area contributed by atoms with Crippen molar-refractivity contribution in [3.63, 3.8) is 0 Å². The fraction of sp³-hybridized carbons (Fsp3) is 0.0606. The van der Waals surface area contributed by atoms with E-state index >= 15 is 0 Å². The first kappa shape index (κ1) is 25.4. The molecule has 6 nitrogen and oxygen atoms in total. The summed E-state index contributed by atoms with van der Waals surface area (Å²) in [6.45, 7) is 2.28. The van der Waals surface area contributed by atoms with Crippen LogP contribution in [0, 0.1) is 6.92 Å². The lowest BCUT2D eigenvalue weighted by molar-refractivity contribution is -0.117. The van der Waals surface area contributed by atoms with Gasteiger partial charge in [0.2, 0.25) is 0 Å². The Hall–Kier alpha value is -5.23.